The lowest BCUT2D eigenvalue weighted by Gasteiger charge is -2.19. The number of fused-ring (bicyclic) bond motifs is 6. The summed E-state index contributed by atoms with van der Waals surface area (Å²) in [6.45, 7) is 0. The molecule has 0 atom stereocenters. The molecule has 0 spiro atoms. The molecule has 0 bridgehead atoms. The van der Waals surface area contributed by atoms with E-state index < -0.39 is 0 Å². The first-order valence-corrected chi connectivity index (χ1v) is 14.8. The molecule has 9 aromatic rings. The van der Waals surface area contributed by atoms with Gasteiger partial charge in [0.15, 0.2) is 0 Å². The summed E-state index contributed by atoms with van der Waals surface area (Å²) in [4.78, 5) is 0. The molecule has 0 aliphatic carbocycles. The summed E-state index contributed by atoms with van der Waals surface area (Å²) in [7, 11) is 0. The van der Waals surface area contributed by atoms with Crippen LogP contribution in [0.2, 0.25) is 0 Å². The van der Waals surface area contributed by atoms with Crippen LogP contribution in [-0.2, 0) is 0 Å². The smallest absolute Gasteiger partial charge is 0.136 e. The summed E-state index contributed by atoms with van der Waals surface area (Å²) in [5.41, 5.74) is 9.26. The van der Waals surface area contributed by atoms with E-state index in [1.54, 1.807) is 0 Å². The molecule has 0 unspecified atom stereocenters. The van der Waals surface area contributed by atoms with Crippen molar-refractivity contribution in [1.82, 2.24) is 0 Å². The van der Waals surface area contributed by atoms with E-state index in [0.717, 1.165) is 16.6 Å². The molecule has 0 N–H and O–H groups in total. The fraction of sp³-hybridized carbons (Fsp3) is 0. The minimum Gasteiger partial charge on any atom is -0.456 e. The maximum absolute atomic E-state index is 6.33. The third-order valence-corrected chi connectivity index (χ3v) is 8.86. The van der Waals surface area contributed by atoms with Gasteiger partial charge in [-0.2, -0.15) is 0 Å². The van der Waals surface area contributed by atoms with Crippen molar-refractivity contribution in [3.8, 4) is 33.4 Å². The molecule has 1 heterocycles. The summed E-state index contributed by atoms with van der Waals surface area (Å²) >= 11 is 0. The van der Waals surface area contributed by atoms with Gasteiger partial charge in [0.1, 0.15) is 11.2 Å². The topological polar surface area (TPSA) is 13.1 Å². The van der Waals surface area contributed by atoms with Gasteiger partial charge in [-0.05, 0) is 83.9 Å². The summed E-state index contributed by atoms with van der Waals surface area (Å²) in [6, 6.07) is 56.8. The molecule has 8 aromatic carbocycles. The minimum absolute atomic E-state index is 0.915. The van der Waals surface area contributed by atoms with Crippen LogP contribution in [0.5, 0.6) is 0 Å². The van der Waals surface area contributed by atoms with Crippen LogP contribution in [0.1, 0.15) is 0 Å². The summed E-state index contributed by atoms with van der Waals surface area (Å²) < 4.78 is 6.33. The number of para-hydroxylation sites is 1. The normalized spacial score (nSPS) is 11.7. The molecular weight excluding hydrogens is 520 g/mol. The van der Waals surface area contributed by atoms with E-state index in [0.29, 0.717) is 0 Å². The van der Waals surface area contributed by atoms with E-state index in [2.05, 4.69) is 152 Å². The fourth-order valence-electron chi connectivity index (χ4n) is 6.99. The van der Waals surface area contributed by atoms with Gasteiger partial charge in [-0.25, -0.2) is 0 Å². The van der Waals surface area contributed by atoms with Gasteiger partial charge >= 0.3 is 0 Å². The van der Waals surface area contributed by atoms with E-state index in [9.17, 15) is 0 Å². The van der Waals surface area contributed by atoms with E-state index >= 15 is 0 Å². The highest BCUT2D eigenvalue weighted by Crippen LogP contribution is 2.48. The quantitative estimate of drug-likeness (QED) is 0.201. The summed E-state index contributed by atoms with van der Waals surface area (Å²) in [5, 5.41) is 9.79. The predicted octanol–water partition coefficient (Wildman–Crippen LogP) is 12.0. The third-order valence-electron chi connectivity index (χ3n) is 8.86. The SMILES string of the molecule is c1ccc(-c2ccc3cccc(-c4c5ccccc5c(-c5cccc6oc7ccccc7c56)c5ccccc45)c3c2)cc1. The highest BCUT2D eigenvalue weighted by molar-refractivity contribution is 6.27. The lowest BCUT2D eigenvalue weighted by molar-refractivity contribution is 0.669. The van der Waals surface area contributed by atoms with Gasteiger partial charge < -0.3 is 4.42 Å². The Morgan fingerprint density at radius 1 is 0.326 bits per heavy atom. The molecule has 1 aromatic heterocycles. The van der Waals surface area contributed by atoms with Crippen LogP contribution in [-0.4, -0.2) is 0 Å². The molecule has 0 radical (unpaired) electrons. The Kier molecular flexibility index (Phi) is 5.27. The predicted molar refractivity (Wildman–Crippen MR) is 183 cm³/mol. The van der Waals surface area contributed by atoms with Gasteiger partial charge in [0, 0.05) is 10.8 Å². The molecule has 0 fully saturated rings. The number of benzene rings is 8. The first-order chi connectivity index (χ1) is 21.3. The van der Waals surface area contributed by atoms with Crippen LogP contribution in [0.3, 0.4) is 0 Å². The van der Waals surface area contributed by atoms with Gasteiger partial charge in [0.25, 0.3) is 0 Å². The van der Waals surface area contributed by atoms with E-state index in [1.807, 2.05) is 6.07 Å². The van der Waals surface area contributed by atoms with Crippen LogP contribution < -0.4 is 0 Å². The van der Waals surface area contributed by atoms with E-state index in [-0.39, 0.29) is 0 Å². The summed E-state index contributed by atoms with van der Waals surface area (Å²) in [5.74, 6) is 0. The zero-order valence-corrected chi connectivity index (χ0v) is 23.4. The number of furan rings is 1. The Balaban J connectivity index is 1.42. The van der Waals surface area contributed by atoms with Gasteiger partial charge in [0.05, 0.1) is 0 Å². The standard InChI is InChI=1S/C42H26O/c1-2-12-27(13-3-1)29-25-24-28-14-10-20-34(37(28)26-29)40-30-15-4-6-17-32(30)41(33-18-7-5-16-31(33)40)36-21-11-23-39-42(36)35-19-8-9-22-38(35)43-39/h1-26H. The summed E-state index contributed by atoms with van der Waals surface area (Å²) in [6.07, 6.45) is 0. The number of hydrogen-bond donors (Lipinski definition) is 0. The van der Waals surface area contributed by atoms with Crippen molar-refractivity contribution >= 4 is 54.3 Å². The van der Waals surface area contributed by atoms with Crippen molar-refractivity contribution in [2.45, 2.75) is 0 Å². The molecule has 0 saturated heterocycles. The van der Waals surface area contributed by atoms with Crippen LogP contribution in [0, 0.1) is 0 Å². The number of hydrogen-bond acceptors (Lipinski definition) is 1. The highest BCUT2D eigenvalue weighted by Gasteiger charge is 2.20. The molecule has 0 aliphatic rings. The molecule has 200 valence electrons. The van der Waals surface area contributed by atoms with Crippen molar-refractivity contribution < 1.29 is 4.42 Å². The first-order valence-electron chi connectivity index (χ1n) is 14.8. The second kappa shape index (κ2) is 9.44. The molecule has 0 aliphatic heterocycles. The molecule has 0 saturated carbocycles. The van der Waals surface area contributed by atoms with Crippen molar-refractivity contribution in [3.63, 3.8) is 0 Å². The van der Waals surface area contributed by atoms with Crippen LogP contribution in [0.4, 0.5) is 0 Å². The first kappa shape index (κ1) is 24.0. The highest BCUT2D eigenvalue weighted by atomic mass is 16.3. The maximum Gasteiger partial charge on any atom is 0.136 e. The number of rotatable bonds is 3. The van der Waals surface area contributed by atoms with Gasteiger partial charge in [-0.15, -0.1) is 0 Å². The molecule has 9 rings (SSSR count). The lowest BCUT2D eigenvalue weighted by atomic mass is 9.83. The van der Waals surface area contributed by atoms with E-state index in [4.69, 9.17) is 4.42 Å². The molecular formula is C42H26O. The van der Waals surface area contributed by atoms with Gasteiger partial charge in [-0.3, -0.25) is 0 Å². The van der Waals surface area contributed by atoms with Gasteiger partial charge in [-0.1, -0.05) is 140 Å². The molecule has 0 amide bonds. The average Bonchev–Trinajstić information content (AvgIpc) is 3.46. The third kappa shape index (κ3) is 3.65. The minimum atomic E-state index is 0.915. The van der Waals surface area contributed by atoms with Crippen molar-refractivity contribution in [3.05, 3.63) is 158 Å². The molecule has 1 heteroatoms. The van der Waals surface area contributed by atoms with Crippen molar-refractivity contribution in [2.24, 2.45) is 0 Å². The maximum atomic E-state index is 6.33. The fourth-order valence-corrected chi connectivity index (χ4v) is 6.99. The van der Waals surface area contributed by atoms with Gasteiger partial charge in [0.2, 0.25) is 0 Å². The monoisotopic (exact) mass is 546 g/mol. The molecule has 43 heavy (non-hydrogen) atoms. The lowest BCUT2D eigenvalue weighted by Crippen LogP contribution is -1.92. The van der Waals surface area contributed by atoms with Crippen LogP contribution in [0.25, 0.3) is 87.6 Å². The van der Waals surface area contributed by atoms with E-state index in [1.165, 1.54) is 71.1 Å². The Morgan fingerprint density at radius 2 is 0.884 bits per heavy atom. The Morgan fingerprint density at radius 3 is 1.60 bits per heavy atom. The zero-order valence-electron chi connectivity index (χ0n) is 23.4. The second-order valence-electron chi connectivity index (χ2n) is 11.2. The molecule has 1 nitrogen and oxygen atoms in total. The van der Waals surface area contributed by atoms with Crippen LogP contribution >= 0.6 is 0 Å². The largest absolute Gasteiger partial charge is 0.456 e. The average molecular weight is 547 g/mol. The van der Waals surface area contributed by atoms with Crippen LogP contribution in [0.15, 0.2) is 162 Å². The Labute approximate surface area is 249 Å². The Hall–Kier alpha value is -5.66. The van der Waals surface area contributed by atoms with Crippen molar-refractivity contribution in [1.29, 1.82) is 0 Å². The van der Waals surface area contributed by atoms with Crippen molar-refractivity contribution in [2.75, 3.05) is 0 Å². The zero-order chi connectivity index (χ0) is 28.3. The Bertz CT molecular complexity index is 2440. The second-order valence-corrected chi connectivity index (χ2v) is 11.2.